The quantitative estimate of drug-likeness (QED) is 0.824. The van der Waals surface area contributed by atoms with Gasteiger partial charge in [0.25, 0.3) is 0 Å². The van der Waals surface area contributed by atoms with Crippen LogP contribution in [-0.4, -0.2) is 51.5 Å². The van der Waals surface area contributed by atoms with E-state index in [2.05, 4.69) is 0 Å². The smallest absolute Gasteiger partial charge is 0.214 e. The van der Waals surface area contributed by atoms with E-state index in [9.17, 15) is 16.8 Å². The first-order valence-corrected chi connectivity index (χ1v) is 10.7. The van der Waals surface area contributed by atoms with Crippen LogP contribution in [-0.2, 0) is 19.9 Å². The SMILES string of the molecule is O=S1(=O)CC(CS(=O)(=O)N2CC=C(c3ccccc3)CC2)C1. The Balaban J connectivity index is 1.64. The Morgan fingerprint density at radius 2 is 1.82 bits per heavy atom. The summed E-state index contributed by atoms with van der Waals surface area (Å²) < 4.78 is 48.4. The zero-order chi connectivity index (χ0) is 15.8. The van der Waals surface area contributed by atoms with Crippen molar-refractivity contribution in [2.24, 2.45) is 5.92 Å². The van der Waals surface area contributed by atoms with Crippen molar-refractivity contribution < 1.29 is 16.8 Å². The van der Waals surface area contributed by atoms with E-state index >= 15 is 0 Å². The zero-order valence-corrected chi connectivity index (χ0v) is 13.8. The molecule has 0 unspecified atom stereocenters. The summed E-state index contributed by atoms with van der Waals surface area (Å²) in [6.45, 7) is 0.828. The summed E-state index contributed by atoms with van der Waals surface area (Å²) in [4.78, 5) is 0. The molecule has 22 heavy (non-hydrogen) atoms. The highest BCUT2D eigenvalue weighted by atomic mass is 32.2. The molecule has 0 N–H and O–H groups in total. The fraction of sp³-hybridized carbons (Fsp3) is 0.467. The van der Waals surface area contributed by atoms with Crippen molar-refractivity contribution in [3.05, 3.63) is 42.0 Å². The highest BCUT2D eigenvalue weighted by molar-refractivity contribution is 7.93. The van der Waals surface area contributed by atoms with Crippen LogP contribution in [0.25, 0.3) is 5.57 Å². The molecule has 0 radical (unpaired) electrons. The third-order valence-corrected chi connectivity index (χ3v) is 8.11. The Kier molecular flexibility index (Phi) is 4.13. The van der Waals surface area contributed by atoms with Gasteiger partial charge in [0.1, 0.15) is 0 Å². The van der Waals surface area contributed by atoms with Crippen LogP contribution in [0.1, 0.15) is 12.0 Å². The highest BCUT2D eigenvalue weighted by Crippen LogP contribution is 2.26. The molecular formula is C15H19NO4S2. The maximum atomic E-state index is 12.3. The predicted octanol–water partition coefficient (Wildman–Crippen LogP) is 1.15. The monoisotopic (exact) mass is 341 g/mol. The molecule has 0 spiro atoms. The predicted molar refractivity (Wildman–Crippen MR) is 86.5 cm³/mol. The van der Waals surface area contributed by atoms with Crippen molar-refractivity contribution >= 4 is 25.4 Å². The molecule has 120 valence electrons. The minimum absolute atomic E-state index is 0.00513. The molecule has 7 heteroatoms. The molecule has 0 aliphatic carbocycles. The van der Waals surface area contributed by atoms with Gasteiger partial charge in [-0.15, -0.1) is 0 Å². The number of hydrogen-bond donors (Lipinski definition) is 0. The van der Waals surface area contributed by atoms with Crippen LogP contribution in [0.5, 0.6) is 0 Å². The molecule has 0 bridgehead atoms. The first kappa shape index (κ1) is 15.7. The van der Waals surface area contributed by atoms with Gasteiger partial charge in [-0.1, -0.05) is 36.4 Å². The summed E-state index contributed by atoms with van der Waals surface area (Å²) in [5.41, 5.74) is 2.29. The van der Waals surface area contributed by atoms with E-state index in [1.807, 2.05) is 36.4 Å². The summed E-state index contributed by atoms with van der Waals surface area (Å²) in [5.74, 6) is -0.286. The van der Waals surface area contributed by atoms with Gasteiger partial charge >= 0.3 is 0 Å². The Hall–Kier alpha value is -1.18. The first-order valence-electron chi connectivity index (χ1n) is 7.28. The van der Waals surface area contributed by atoms with Crippen LogP contribution in [0, 0.1) is 5.92 Å². The molecule has 0 amide bonds. The van der Waals surface area contributed by atoms with E-state index in [1.165, 1.54) is 9.88 Å². The number of benzene rings is 1. The van der Waals surface area contributed by atoms with E-state index in [4.69, 9.17) is 0 Å². The van der Waals surface area contributed by atoms with E-state index < -0.39 is 19.9 Å². The van der Waals surface area contributed by atoms with Crippen molar-refractivity contribution in [1.29, 1.82) is 0 Å². The molecule has 1 aromatic rings. The van der Waals surface area contributed by atoms with Gasteiger partial charge in [0.2, 0.25) is 10.0 Å². The summed E-state index contributed by atoms with van der Waals surface area (Å²) >= 11 is 0. The Bertz CT molecular complexity index is 770. The van der Waals surface area contributed by atoms with Crippen molar-refractivity contribution in [3.63, 3.8) is 0 Å². The lowest BCUT2D eigenvalue weighted by Crippen LogP contribution is -2.45. The van der Waals surface area contributed by atoms with E-state index in [0.29, 0.717) is 19.5 Å². The van der Waals surface area contributed by atoms with Gasteiger partial charge in [-0.3, -0.25) is 0 Å². The number of sulfone groups is 1. The fourth-order valence-corrected chi connectivity index (χ4v) is 6.57. The molecular weight excluding hydrogens is 322 g/mol. The van der Waals surface area contributed by atoms with Gasteiger partial charge in [-0.25, -0.2) is 16.8 Å². The van der Waals surface area contributed by atoms with Gasteiger partial charge < -0.3 is 0 Å². The third-order valence-electron chi connectivity index (χ3n) is 4.14. The van der Waals surface area contributed by atoms with Crippen molar-refractivity contribution in [2.75, 3.05) is 30.3 Å². The molecule has 3 rings (SSSR count). The maximum absolute atomic E-state index is 12.3. The molecule has 2 aliphatic rings. The lowest BCUT2D eigenvalue weighted by molar-refractivity contribution is 0.433. The lowest BCUT2D eigenvalue weighted by atomic mass is 10.0. The minimum Gasteiger partial charge on any atom is -0.229 e. The molecule has 1 fully saturated rings. The number of rotatable bonds is 4. The largest absolute Gasteiger partial charge is 0.229 e. The molecule has 2 aliphatic heterocycles. The Morgan fingerprint density at radius 3 is 2.36 bits per heavy atom. The fourth-order valence-electron chi connectivity index (χ4n) is 2.99. The topological polar surface area (TPSA) is 71.5 Å². The standard InChI is InChI=1S/C15H19NO4S2/c17-21(18)10-13(11-21)12-22(19,20)16-8-6-15(7-9-16)14-4-2-1-3-5-14/h1-6,13H,7-12H2. The average Bonchev–Trinajstić information content (AvgIpc) is 2.46. The molecule has 1 aromatic carbocycles. The third kappa shape index (κ3) is 3.42. The number of nitrogens with zero attached hydrogens (tertiary/aromatic N) is 1. The summed E-state index contributed by atoms with van der Waals surface area (Å²) in [6, 6.07) is 9.94. The van der Waals surface area contributed by atoms with Crippen molar-refractivity contribution in [2.45, 2.75) is 6.42 Å². The molecule has 0 aromatic heterocycles. The Morgan fingerprint density at radius 1 is 1.14 bits per heavy atom. The van der Waals surface area contributed by atoms with Crippen molar-refractivity contribution in [1.82, 2.24) is 4.31 Å². The summed E-state index contributed by atoms with van der Waals surface area (Å²) in [7, 11) is -6.35. The number of sulfonamides is 1. The normalized spacial score (nSPS) is 22.8. The number of hydrogen-bond acceptors (Lipinski definition) is 4. The van der Waals surface area contributed by atoms with Crippen LogP contribution in [0.15, 0.2) is 36.4 Å². The van der Waals surface area contributed by atoms with Gasteiger partial charge in [0.05, 0.1) is 17.3 Å². The molecule has 0 atom stereocenters. The zero-order valence-electron chi connectivity index (χ0n) is 12.2. The molecule has 5 nitrogen and oxygen atoms in total. The van der Waals surface area contributed by atoms with Gasteiger partial charge in [0, 0.05) is 19.0 Å². The second-order valence-corrected chi connectivity index (χ2v) is 10.1. The van der Waals surface area contributed by atoms with Gasteiger partial charge in [0.15, 0.2) is 9.84 Å². The summed E-state index contributed by atoms with van der Waals surface area (Å²) in [6.07, 6.45) is 2.64. The maximum Gasteiger partial charge on any atom is 0.214 e. The van der Waals surface area contributed by atoms with Crippen LogP contribution < -0.4 is 0 Å². The summed E-state index contributed by atoms with van der Waals surface area (Å²) in [5, 5.41) is 0. The molecule has 2 heterocycles. The van der Waals surface area contributed by atoms with E-state index in [0.717, 1.165) is 5.56 Å². The molecule has 0 saturated carbocycles. The van der Waals surface area contributed by atoms with Crippen molar-refractivity contribution in [3.8, 4) is 0 Å². The van der Waals surface area contributed by atoms with Crippen LogP contribution in [0.4, 0.5) is 0 Å². The molecule has 1 saturated heterocycles. The second kappa shape index (κ2) is 5.79. The minimum atomic E-state index is -3.37. The van der Waals surface area contributed by atoms with E-state index in [-0.39, 0.29) is 23.2 Å². The second-order valence-electron chi connectivity index (χ2n) is 5.92. The Labute approximate surface area is 131 Å². The lowest BCUT2D eigenvalue weighted by Gasteiger charge is -2.30. The van der Waals surface area contributed by atoms with Gasteiger partial charge in [-0.2, -0.15) is 4.31 Å². The highest BCUT2D eigenvalue weighted by Gasteiger charge is 2.38. The van der Waals surface area contributed by atoms with E-state index in [1.54, 1.807) is 0 Å². The van der Waals surface area contributed by atoms with Crippen LogP contribution in [0.3, 0.4) is 0 Å². The van der Waals surface area contributed by atoms with Crippen LogP contribution in [0.2, 0.25) is 0 Å². The average molecular weight is 341 g/mol. The van der Waals surface area contributed by atoms with Gasteiger partial charge in [-0.05, 0) is 17.6 Å². The van der Waals surface area contributed by atoms with Crippen LogP contribution >= 0.6 is 0 Å². The first-order chi connectivity index (χ1) is 10.4.